The van der Waals surface area contributed by atoms with Gasteiger partial charge in [0.25, 0.3) is 9.05 Å². The first-order chi connectivity index (χ1) is 4.11. The van der Waals surface area contributed by atoms with Gasteiger partial charge in [0.05, 0.1) is 0 Å². The van der Waals surface area contributed by atoms with Gasteiger partial charge in [0, 0.05) is 16.1 Å². The summed E-state index contributed by atoms with van der Waals surface area (Å²) in [6.07, 6.45) is 0. The van der Waals surface area contributed by atoms with Crippen LogP contribution < -0.4 is 0 Å². The minimum atomic E-state index is -3.59. The predicted molar refractivity (Wildman–Crippen MR) is 35.2 cm³/mol. The minimum Gasteiger partial charge on any atom is -0.205 e. The molecule has 0 bridgehead atoms. The molecule has 0 fully saturated rings. The monoisotopic (exact) mass is 183 g/mol. The molecule has 0 aliphatic rings. The van der Waals surface area contributed by atoms with Gasteiger partial charge in [-0.1, -0.05) is 0 Å². The molecule has 9 heavy (non-hydrogen) atoms. The van der Waals surface area contributed by atoms with Crippen molar-refractivity contribution in [2.45, 2.75) is 5.03 Å². The highest BCUT2D eigenvalue weighted by Gasteiger charge is 2.10. The molecule has 3 nitrogen and oxygen atoms in total. The SMILES string of the molecule is O=S(=O)(Cl)c1ccsn1. The maximum atomic E-state index is 10.4. The molecule has 0 saturated heterocycles. The second-order valence-corrected chi connectivity index (χ2v) is 4.45. The maximum Gasteiger partial charge on any atom is 0.279 e. The van der Waals surface area contributed by atoms with Gasteiger partial charge in [-0.2, -0.15) is 4.37 Å². The summed E-state index contributed by atoms with van der Waals surface area (Å²) in [5, 5.41) is 1.48. The lowest BCUT2D eigenvalue weighted by molar-refractivity contribution is 0.607. The van der Waals surface area contributed by atoms with Crippen LogP contribution in [-0.2, 0) is 9.05 Å². The standard InChI is InChI=1S/C3H2ClNO2S2/c4-9(6,7)3-1-2-8-5-3/h1-2H. The average Bonchev–Trinajstić information content (AvgIpc) is 2.08. The van der Waals surface area contributed by atoms with E-state index in [1.807, 2.05) is 0 Å². The Kier molecular flexibility index (Phi) is 1.74. The smallest absolute Gasteiger partial charge is 0.205 e. The van der Waals surface area contributed by atoms with Crippen molar-refractivity contribution in [3.63, 3.8) is 0 Å². The predicted octanol–water partition coefficient (Wildman–Crippen LogP) is 1.07. The number of hydrogen-bond donors (Lipinski definition) is 0. The molecule has 0 spiro atoms. The third kappa shape index (κ3) is 1.64. The van der Waals surface area contributed by atoms with Crippen molar-refractivity contribution >= 4 is 31.3 Å². The molecular weight excluding hydrogens is 182 g/mol. The molecule has 1 rings (SSSR count). The molecule has 6 heteroatoms. The van der Waals surface area contributed by atoms with E-state index >= 15 is 0 Å². The fourth-order valence-corrected chi connectivity index (χ4v) is 1.95. The van der Waals surface area contributed by atoms with Crippen molar-refractivity contribution in [3.05, 3.63) is 11.4 Å². The molecule has 0 N–H and O–H groups in total. The van der Waals surface area contributed by atoms with Crippen molar-refractivity contribution in [2.24, 2.45) is 0 Å². The van der Waals surface area contributed by atoms with Crippen LogP contribution in [0.3, 0.4) is 0 Å². The summed E-state index contributed by atoms with van der Waals surface area (Å²) in [4.78, 5) is 0. The molecule has 50 valence electrons. The van der Waals surface area contributed by atoms with Gasteiger partial charge in [0.15, 0.2) is 5.03 Å². The second kappa shape index (κ2) is 2.24. The van der Waals surface area contributed by atoms with E-state index in [4.69, 9.17) is 10.7 Å². The van der Waals surface area contributed by atoms with Crippen LogP contribution in [0.25, 0.3) is 0 Å². The van der Waals surface area contributed by atoms with Crippen LogP contribution in [0.5, 0.6) is 0 Å². The summed E-state index contributed by atoms with van der Waals surface area (Å²) in [6.45, 7) is 0. The van der Waals surface area contributed by atoms with E-state index in [0.717, 1.165) is 11.5 Å². The van der Waals surface area contributed by atoms with Crippen molar-refractivity contribution < 1.29 is 8.42 Å². The fourth-order valence-electron chi connectivity index (χ4n) is 0.327. The topological polar surface area (TPSA) is 47.0 Å². The third-order valence-electron chi connectivity index (χ3n) is 0.664. The normalized spacial score (nSPS) is 11.7. The molecule has 0 aliphatic carbocycles. The highest BCUT2D eigenvalue weighted by atomic mass is 35.7. The van der Waals surface area contributed by atoms with E-state index in [9.17, 15) is 8.42 Å². The number of halogens is 1. The molecular formula is C3H2ClNO2S2. The number of nitrogens with zero attached hydrogens (tertiary/aromatic N) is 1. The highest BCUT2D eigenvalue weighted by Crippen LogP contribution is 2.12. The van der Waals surface area contributed by atoms with Crippen molar-refractivity contribution in [3.8, 4) is 0 Å². The van der Waals surface area contributed by atoms with Crippen molar-refractivity contribution in [2.75, 3.05) is 0 Å². The second-order valence-electron chi connectivity index (χ2n) is 1.28. The third-order valence-corrected chi connectivity index (χ3v) is 2.54. The molecule has 0 atom stereocenters. The van der Waals surface area contributed by atoms with Crippen LogP contribution in [0.15, 0.2) is 16.5 Å². The van der Waals surface area contributed by atoms with Crippen LogP contribution in [0, 0.1) is 0 Å². The van der Waals surface area contributed by atoms with Crippen LogP contribution in [0.1, 0.15) is 0 Å². The Morgan fingerprint density at radius 3 is 2.56 bits per heavy atom. The zero-order valence-electron chi connectivity index (χ0n) is 4.11. The lowest BCUT2D eigenvalue weighted by Crippen LogP contribution is -1.87. The summed E-state index contributed by atoms with van der Waals surface area (Å²) in [6, 6.07) is 1.35. The van der Waals surface area contributed by atoms with E-state index in [1.165, 1.54) is 6.07 Å². The van der Waals surface area contributed by atoms with E-state index in [-0.39, 0.29) is 5.03 Å². The lowest BCUT2D eigenvalue weighted by Gasteiger charge is -1.81. The van der Waals surface area contributed by atoms with Crippen molar-refractivity contribution in [1.82, 2.24) is 4.37 Å². The number of rotatable bonds is 1. The Hall–Kier alpha value is -0.130. The Bertz CT molecular complexity index is 277. The quantitative estimate of drug-likeness (QED) is 0.612. The molecule has 1 aromatic rings. The summed E-state index contributed by atoms with van der Waals surface area (Å²) in [5.74, 6) is 0. The summed E-state index contributed by atoms with van der Waals surface area (Å²) in [5.41, 5.74) is 0. The van der Waals surface area contributed by atoms with Gasteiger partial charge in [-0.05, 0) is 17.6 Å². The van der Waals surface area contributed by atoms with Gasteiger partial charge in [-0.25, -0.2) is 8.42 Å². The molecule has 0 aromatic carbocycles. The van der Waals surface area contributed by atoms with Crippen molar-refractivity contribution in [1.29, 1.82) is 0 Å². The minimum absolute atomic E-state index is 0.0748. The van der Waals surface area contributed by atoms with Gasteiger partial charge >= 0.3 is 0 Å². The van der Waals surface area contributed by atoms with Gasteiger partial charge in [-0.15, -0.1) is 0 Å². The van der Waals surface area contributed by atoms with E-state index < -0.39 is 9.05 Å². The van der Waals surface area contributed by atoms with Gasteiger partial charge in [0.2, 0.25) is 0 Å². The first-order valence-electron chi connectivity index (χ1n) is 1.96. The molecule has 0 unspecified atom stereocenters. The molecule has 0 radical (unpaired) electrons. The zero-order valence-corrected chi connectivity index (χ0v) is 6.50. The van der Waals surface area contributed by atoms with Crippen LogP contribution in [0.4, 0.5) is 0 Å². The Morgan fingerprint density at radius 2 is 2.33 bits per heavy atom. The summed E-state index contributed by atoms with van der Waals surface area (Å²) >= 11 is 1.05. The van der Waals surface area contributed by atoms with E-state index in [0.29, 0.717) is 0 Å². The summed E-state index contributed by atoms with van der Waals surface area (Å²) < 4.78 is 24.3. The molecule has 0 amide bonds. The van der Waals surface area contributed by atoms with E-state index in [1.54, 1.807) is 5.38 Å². The first-order valence-corrected chi connectivity index (χ1v) is 5.10. The van der Waals surface area contributed by atoms with Gasteiger partial charge < -0.3 is 0 Å². The van der Waals surface area contributed by atoms with E-state index in [2.05, 4.69) is 4.37 Å². The maximum absolute atomic E-state index is 10.4. The molecule has 1 aromatic heterocycles. The Balaban J connectivity index is 3.20. The number of hydrogen-bond acceptors (Lipinski definition) is 4. The van der Waals surface area contributed by atoms with Crippen LogP contribution in [0.2, 0.25) is 0 Å². The fraction of sp³-hybridized carbons (Fsp3) is 0. The average molecular weight is 184 g/mol. The lowest BCUT2D eigenvalue weighted by atomic mass is 10.8. The molecule has 1 heterocycles. The van der Waals surface area contributed by atoms with Crippen LogP contribution in [-0.4, -0.2) is 12.8 Å². The first kappa shape index (κ1) is 6.98. The van der Waals surface area contributed by atoms with Gasteiger partial charge in [-0.3, -0.25) is 0 Å². The Labute approximate surface area is 60.9 Å². The zero-order chi connectivity index (χ0) is 6.91. The largest absolute Gasteiger partial charge is 0.279 e. The highest BCUT2D eigenvalue weighted by molar-refractivity contribution is 8.13. The molecule has 0 saturated carbocycles. The van der Waals surface area contributed by atoms with Crippen LogP contribution >= 0.6 is 22.2 Å². The van der Waals surface area contributed by atoms with Gasteiger partial charge in [0.1, 0.15) is 0 Å². The molecule has 0 aliphatic heterocycles. The Morgan fingerprint density at radius 1 is 1.67 bits per heavy atom. The number of aromatic nitrogens is 1. The summed E-state index contributed by atoms with van der Waals surface area (Å²) in [7, 11) is 1.33.